The number of amides is 2. The molecule has 0 aliphatic heterocycles. The Balaban J connectivity index is 2.71. The highest BCUT2D eigenvalue weighted by Gasteiger charge is 2.10. The maximum absolute atomic E-state index is 11.8. The van der Waals surface area contributed by atoms with Crippen molar-refractivity contribution in [1.29, 1.82) is 0 Å². The largest absolute Gasteiger partial charge is 0.385 e. The van der Waals surface area contributed by atoms with Crippen molar-refractivity contribution < 1.29 is 9.59 Å². The van der Waals surface area contributed by atoms with Crippen molar-refractivity contribution in [2.75, 3.05) is 25.5 Å². The Morgan fingerprint density at radius 1 is 1.24 bits per heavy atom. The molecule has 0 fully saturated rings. The van der Waals surface area contributed by atoms with Gasteiger partial charge in [-0.05, 0) is 19.1 Å². The maximum atomic E-state index is 11.8. The Labute approximate surface area is 101 Å². The summed E-state index contributed by atoms with van der Waals surface area (Å²) in [6.07, 6.45) is 0. The van der Waals surface area contributed by atoms with Crippen LogP contribution in [0.1, 0.15) is 17.3 Å². The molecule has 1 aromatic carbocycles. The molecule has 0 saturated carbocycles. The number of anilines is 1. The monoisotopic (exact) mass is 235 g/mol. The summed E-state index contributed by atoms with van der Waals surface area (Å²) in [7, 11) is 1.53. The number of hydrogen-bond donors (Lipinski definition) is 3. The van der Waals surface area contributed by atoms with Crippen LogP contribution in [0.2, 0.25) is 0 Å². The number of carbonyl (C=O) groups is 2. The topological polar surface area (TPSA) is 70.2 Å². The third kappa shape index (κ3) is 3.79. The van der Waals surface area contributed by atoms with E-state index < -0.39 is 0 Å². The maximum Gasteiger partial charge on any atom is 0.253 e. The van der Waals surface area contributed by atoms with Gasteiger partial charge in [-0.3, -0.25) is 9.59 Å². The molecule has 5 nitrogen and oxygen atoms in total. The second-order valence-corrected chi connectivity index (χ2v) is 3.43. The lowest BCUT2D eigenvalue weighted by Crippen LogP contribution is -2.35. The van der Waals surface area contributed by atoms with Crippen molar-refractivity contribution in [2.45, 2.75) is 6.92 Å². The predicted molar refractivity (Wildman–Crippen MR) is 67.0 cm³/mol. The molecule has 2 amide bonds. The van der Waals surface area contributed by atoms with Gasteiger partial charge in [0.05, 0.1) is 12.1 Å². The highest BCUT2D eigenvalue weighted by atomic mass is 16.2. The zero-order chi connectivity index (χ0) is 12.7. The highest BCUT2D eigenvalue weighted by molar-refractivity contribution is 6.01. The smallest absolute Gasteiger partial charge is 0.253 e. The Hall–Kier alpha value is -2.04. The van der Waals surface area contributed by atoms with Crippen LogP contribution in [0.5, 0.6) is 0 Å². The predicted octanol–water partition coefficient (Wildman–Crippen LogP) is 0.594. The van der Waals surface area contributed by atoms with Gasteiger partial charge in [0.25, 0.3) is 5.91 Å². The van der Waals surface area contributed by atoms with Crippen LogP contribution in [-0.2, 0) is 4.79 Å². The van der Waals surface area contributed by atoms with Crippen LogP contribution in [0.15, 0.2) is 24.3 Å². The number of hydrogen-bond acceptors (Lipinski definition) is 3. The average Bonchev–Trinajstić information content (AvgIpc) is 2.36. The molecule has 0 aliphatic rings. The molecule has 0 saturated heterocycles. The van der Waals surface area contributed by atoms with Gasteiger partial charge in [0.15, 0.2) is 0 Å². The van der Waals surface area contributed by atoms with Crippen LogP contribution in [0, 0.1) is 0 Å². The first-order chi connectivity index (χ1) is 8.19. The van der Waals surface area contributed by atoms with E-state index in [9.17, 15) is 9.59 Å². The molecule has 0 atom stereocenters. The van der Waals surface area contributed by atoms with Crippen molar-refractivity contribution in [3.05, 3.63) is 29.8 Å². The molecule has 0 aliphatic carbocycles. The lowest BCUT2D eigenvalue weighted by Gasteiger charge is -2.10. The molecule has 0 unspecified atom stereocenters. The first-order valence-corrected chi connectivity index (χ1v) is 5.50. The van der Waals surface area contributed by atoms with Gasteiger partial charge in [-0.15, -0.1) is 0 Å². The summed E-state index contributed by atoms with van der Waals surface area (Å²) >= 11 is 0. The summed E-state index contributed by atoms with van der Waals surface area (Å²) in [6.45, 7) is 2.68. The molecule has 0 spiro atoms. The number of likely N-dealkylation sites (N-methyl/N-ethyl adjacent to an activating group) is 1. The van der Waals surface area contributed by atoms with E-state index in [1.165, 1.54) is 7.05 Å². The second-order valence-electron chi connectivity index (χ2n) is 3.43. The van der Waals surface area contributed by atoms with Crippen molar-refractivity contribution >= 4 is 17.5 Å². The normalized spacial score (nSPS) is 9.53. The van der Waals surface area contributed by atoms with Gasteiger partial charge in [0.1, 0.15) is 0 Å². The Morgan fingerprint density at radius 2 is 1.94 bits per heavy atom. The van der Waals surface area contributed by atoms with Crippen LogP contribution in [-0.4, -0.2) is 32.0 Å². The van der Waals surface area contributed by atoms with E-state index in [-0.39, 0.29) is 18.4 Å². The van der Waals surface area contributed by atoms with Gasteiger partial charge in [-0.1, -0.05) is 12.1 Å². The Morgan fingerprint density at radius 3 is 2.59 bits per heavy atom. The molecule has 1 rings (SSSR count). The number of rotatable bonds is 5. The summed E-state index contributed by atoms with van der Waals surface area (Å²) in [5, 5.41) is 8.10. The van der Waals surface area contributed by atoms with Gasteiger partial charge < -0.3 is 16.0 Å². The van der Waals surface area contributed by atoms with Gasteiger partial charge in [0.2, 0.25) is 5.91 Å². The summed E-state index contributed by atoms with van der Waals surface area (Å²) in [5.41, 5.74) is 1.31. The lowest BCUT2D eigenvalue weighted by molar-refractivity contribution is -0.119. The fraction of sp³-hybridized carbons (Fsp3) is 0.333. The van der Waals surface area contributed by atoms with Crippen molar-refractivity contribution in [3.63, 3.8) is 0 Å². The molecule has 5 heteroatoms. The van der Waals surface area contributed by atoms with E-state index >= 15 is 0 Å². The van der Waals surface area contributed by atoms with Crippen LogP contribution in [0.3, 0.4) is 0 Å². The Bertz CT molecular complexity index is 404. The van der Waals surface area contributed by atoms with E-state index in [1.807, 2.05) is 19.1 Å². The minimum Gasteiger partial charge on any atom is -0.385 e. The van der Waals surface area contributed by atoms with Crippen molar-refractivity contribution in [2.24, 2.45) is 0 Å². The zero-order valence-electron chi connectivity index (χ0n) is 10.0. The van der Waals surface area contributed by atoms with Gasteiger partial charge in [-0.25, -0.2) is 0 Å². The molecule has 92 valence electrons. The molecule has 17 heavy (non-hydrogen) atoms. The molecule has 0 radical (unpaired) electrons. The van der Waals surface area contributed by atoms with E-state index in [0.717, 1.165) is 12.2 Å². The van der Waals surface area contributed by atoms with E-state index in [0.29, 0.717) is 5.56 Å². The van der Waals surface area contributed by atoms with Crippen LogP contribution < -0.4 is 16.0 Å². The SMILES string of the molecule is CCNc1ccccc1C(=O)NCC(=O)NC. The first kappa shape index (κ1) is 13.0. The molecule has 0 heterocycles. The summed E-state index contributed by atoms with van der Waals surface area (Å²) in [5.74, 6) is -0.482. The summed E-state index contributed by atoms with van der Waals surface area (Å²) < 4.78 is 0. The standard InChI is InChI=1S/C12H17N3O2/c1-3-14-10-7-5-4-6-9(10)12(17)15-8-11(16)13-2/h4-7,14H,3,8H2,1-2H3,(H,13,16)(H,15,17). The molecular formula is C12H17N3O2. The number of para-hydroxylation sites is 1. The lowest BCUT2D eigenvalue weighted by atomic mass is 10.1. The first-order valence-electron chi connectivity index (χ1n) is 5.50. The molecular weight excluding hydrogens is 218 g/mol. The summed E-state index contributed by atoms with van der Waals surface area (Å²) in [6, 6.07) is 7.19. The van der Waals surface area contributed by atoms with Crippen LogP contribution >= 0.6 is 0 Å². The number of benzene rings is 1. The zero-order valence-corrected chi connectivity index (χ0v) is 10.0. The quantitative estimate of drug-likeness (QED) is 0.699. The minimum atomic E-state index is -0.259. The number of nitrogens with one attached hydrogen (secondary N) is 3. The molecule has 0 bridgehead atoms. The number of carbonyl (C=O) groups excluding carboxylic acids is 2. The second kappa shape index (κ2) is 6.52. The molecule has 0 aromatic heterocycles. The van der Waals surface area contributed by atoms with Crippen molar-refractivity contribution in [1.82, 2.24) is 10.6 Å². The highest BCUT2D eigenvalue weighted by Crippen LogP contribution is 2.14. The van der Waals surface area contributed by atoms with Crippen LogP contribution in [0.4, 0.5) is 5.69 Å². The molecule has 1 aromatic rings. The third-order valence-corrected chi connectivity index (χ3v) is 2.23. The van der Waals surface area contributed by atoms with E-state index in [2.05, 4.69) is 16.0 Å². The fourth-order valence-electron chi connectivity index (χ4n) is 1.37. The van der Waals surface area contributed by atoms with Crippen molar-refractivity contribution in [3.8, 4) is 0 Å². The molecule has 3 N–H and O–H groups in total. The van der Waals surface area contributed by atoms with Gasteiger partial charge in [-0.2, -0.15) is 0 Å². The van der Waals surface area contributed by atoms with Crippen LogP contribution in [0.25, 0.3) is 0 Å². The van der Waals surface area contributed by atoms with E-state index in [1.54, 1.807) is 12.1 Å². The minimum absolute atomic E-state index is 0.0181. The van der Waals surface area contributed by atoms with Gasteiger partial charge >= 0.3 is 0 Å². The van der Waals surface area contributed by atoms with Gasteiger partial charge in [0, 0.05) is 19.3 Å². The summed E-state index contributed by atoms with van der Waals surface area (Å²) in [4.78, 5) is 22.8. The third-order valence-electron chi connectivity index (χ3n) is 2.23. The Kier molecular flexibility index (Phi) is 5.00. The fourth-order valence-corrected chi connectivity index (χ4v) is 1.37. The average molecular weight is 235 g/mol. The van der Waals surface area contributed by atoms with E-state index in [4.69, 9.17) is 0 Å².